The van der Waals surface area contributed by atoms with Crippen molar-refractivity contribution in [2.75, 3.05) is 6.54 Å². The van der Waals surface area contributed by atoms with Crippen LogP contribution in [-0.2, 0) is 4.79 Å². The fourth-order valence-electron chi connectivity index (χ4n) is 3.55. The summed E-state index contributed by atoms with van der Waals surface area (Å²) in [6.07, 6.45) is 7.99. The number of rotatable bonds is 4. The molecule has 1 heterocycles. The number of hydrogen-bond donors (Lipinski definition) is 2. The third-order valence-electron chi connectivity index (χ3n) is 4.76. The van der Waals surface area contributed by atoms with E-state index < -0.39 is 5.97 Å². The van der Waals surface area contributed by atoms with Gasteiger partial charge in [0.05, 0.1) is 6.42 Å². The van der Waals surface area contributed by atoms with Crippen molar-refractivity contribution < 1.29 is 14.7 Å². The number of nitrogens with one attached hydrogen (secondary N) is 1. The van der Waals surface area contributed by atoms with Crippen molar-refractivity contribution in [3.63, 3.8) is 0 Å². The first-order valence-electron chi connectivity index (χ1n) is 7.87. The number of aliphatic carboxylic acids is 1. The molecule has 2 amide bonds. The number of likely N-dealkylation sites (tertiary alicyclic amines) is 1. The fourth-order valence-corrected chi connectivity index (χ4v) is 3.55. The highest BCUT2D eigenvalue weighted by molar-refractivity contribution is 5.76. The standard InChI is InChI=1S/C15H26N2O3/c1-11(12-6-3-2-4-7-12)16-15(20)17-9-5-8-13(17)10-14(18)19/h11-13H,2-10H2,1H3,(H,16,20)(H,18,19). The Morgan fingerprint density at radius 3 is 2.55 bits per heavy atom. The number of hydrogen-bond acceptors (Lipinski definition) is 2. The molecule has 114 valence electrons. The molecule has 1 aliphatic heterocycles. The van der Waals surface area contributed by atoms with Crippen LogP contribution in [0.3, 0.4) is 0 Å². The molecule has 2 N–H and O–H groups in total. The van der Waals surface area contributed by atoms with Crippen LogP contribution in [0.15, 0.2) is 0 Å². The number of carboxylic acid groups (broad SMARTS) is 1. The van der Waals surface area contributed by atoms with Crippen molar-refractivity contribution in [3.8, 4) is 0 Å². The van der Waals surface area contributed by atoms with Crippen molar-refractivity contribution in [1.82, 2.24) is 10.2 Å². The van der Waals surface area contributed by atoms with Crippen molar-refractivity contribution in [2.24, 2.45) is 5.92 Å². The molecule has 2 fully saturated rings. The molecule has 1 saturated heterocycles. The van der Waals surface area contributed by atoms with Gasteiger partial charge in [-0.15, -0.1) is 0 Å². The minimum atomic E-state index is -0.824. The zero-order valence-electron chi connectivity index (χ0n) is 12.3. The van der Waals surface area contributed by atoms with Crippen LogP contribution >= 0.6 is 0 Å². The second-order valence-electron chi connectivity index (χ2n) is 6.22. The Morgan fingerprint density at radius 2 is 1.90 bits per heavy atom. The topological polar surface area (TPSA) is 69.6 Å². The molecular formula is C15H26N2O3. The summed E-state index contributed by atoms with van der Waals surface area (Å²) in [6.45, 7) is 2.76. The summed E-state index contributed by atoms with van der Waals surface area (Å²) in [4.78, 5) is 24.9. The van der Waals surface area contributed by atoms with Crippen molar-refractivity contribution >= 4 is 12.0 Å². The zero-order chi connectivity index (χ0) is 14.5. The van der Waals surface area contributed by atoms with E-state index in [2.05, 4.69) is 12.2 Å². The molecule has 0 aromatic rings. The van der Waals surface area contributed by atoms with E-state index in [1.807, 2.05) is 0 Å². The molecule has 0 aromatic carbocycles. The van der Waals surface area contributed by atoms with Gasteiger partial charge < -0.3 is 15.3 Å². The maximum absolute atomic E-state index is 12.3. The second kappa shape index (κ2) is 6.95. The molecule has 2 rings (SSSR count). The molecule has 0 aromatic heterocycles. The Morgan fingerprint density at radius 1 is 1.20 bits per heavy atom. The Hall–Kier alpha value is -1.26. The maximum atomic E-state index is 12.3. The van der Waals surface area contributed by atoms with E-state index in [0.717, 1.165) is 12.8 Å². The lowest BCUT2D eigenvalue weighted by molar-refractivity contribution is -0.137. The third-order valence-corrected chi connectivity index (χ3v) is 4.76. The van der Waals surface area contributed by atoms with Crippen molar-refractivity contribution in [3.05, 3.63) is 0 Å². The number of carbonyl (C=O) groups excluding carboxylic acids is 1. The number of nitrogens with zero attached hydrogens (tertiary/aromatic N) is 1. The summed E-state index contributed by atoms with van der Waals surface area (Å²) < 4.78 is 0. The van der Waals surface area contributed by atoms with E-state index in [4.69, 9.17) is 5.11 Å². The van der Waals surface area contributed by atoms with Crippen LogP contribution < -0.4 is 5.32 Å². The van der Waals surface area contributed by atoms with Gasteiger partial charge in [0, 0.05) is 18.6 Å². The first-order chi connectivity index (χ1) is 9.58. The van der Waals surface area contributed by atoms with Crippen LogP contribution in [0.5, 0.6) is 0 Å². The normalized spacial score (nSPS) is 25.4. The molecule has 0 radical (unpaired) electrons. The lowest BCUT2D eigenvalue weighted by Gasteiger charge is -2.31. The first kappa shape index (κ1) is 15.1. The van der Waals surface area contributed by atoms with Gasteiger partial charge in [0.1, 0.15) is 0 Å². The number of carbonyl (C=O) groups is 2. The van der Waals surface area contributed by atoms with Gasteiger partial charge in [-0.1, -0.05) is 19.3 Å². The fraction of sp³-hybridized carbons (Fsp3) is 0.867. The van der Waals surface area contributed by atoms with E-state index in [-0.39, 0.29) is 24.5 Å². The van der Waals surface area contributed by atoms with Gasteiger partial charge in [-0.2, -0.15) is 0 Å². The zero-order valence-corrected chi connectivity index (χ0v) is 12.3. The third kappa shape index (κ3) is 3.87. The van der Waals surface area contributed by atoms with Gasteiger partial charge in [-0.05, 0) is 38.5 Å². The molecule has 0 bridgehead atoms. The highest BCUT2D eigenvalue weighted by Crippen LogP contribution is 2.27. The maximum Gasteiger partial charge on any atom is 0.317 e. The summed E-state index contributed by atoms with van der Waals surface area (Å²) in [7, 11) is 0. The monoisotopic (exact) mass is 282 g/mol. The van der Waals surface area contributed by atoms with Gasteiger partial charge >= 0.3 is 12.0 Å². The molecule has 0 spiro atoms. The predicted molar refractivity (Wildman–Crippen MR) is 76.5 cm³/mol. The van der Waals surface area contributed by atoms with Gasteiger partial charge in [-0.3, -0.25) is 4.79 Å². The lowest BCUT2D eigenvalue weighted by Crippen LogP contribution is -2.48. The Kier molecular flexibility index (Phi) is 5.26. The van der Waals surface area contributed by atoms with Gasteiger partial charge in [0.15, 0.2) is 0 Å². The number of urea groups is 1. The van der Waals surface area contributed by atoms with Crippen molar-refractivity contribution in [2.45, 2.75) is 70.4 Å². The molecule has 5 heteroatoms. The highest BCUT2D eigenvalue weighted by atomic mass is 16.4. The average molecular weight is 282 g/mol. The van der Waals surface area contributed by atoms with Crippen LogP contribution in [0.25, 0.3) is 0 Å². The summed E-state index contributed by atoms with van der Waals surface area (Å²) in [5.74, 6) is -0.247. The van der Waals surface area contributed by atoms with E-state index in [0.29, 0.717) is 12.5 Å². The molecule has 2 atom stereocenters. The number of amides is 2. The quantitative estimate of drug-likeness (QED) is 0.832. The number of carboxylic acids is 1. The molecule has 2 unspecified atom stereocenters. The minimum Gasteiger partial charge on any atom is -0.481 e. The van der Waals surface area contributed by atoms with Gasteiger partial charge in [0.25, 0.3) is 0 Å². The van der Waals surface area contributed by atoms with Gasteiger partial charge in [-0.25, -0.2) is 4.79 Å². The smallest absolute Gasteiger partial charge is 0.317 e. The van der Waals surface area contributed by atoms with E-state index in [9.17, 15) is 9.59 Å². The van der Waals surface area contributed by atoms with Crippen LogP contribution in [-0.4, -0.2) is 40.6 Å². The largest absolute Gasteiger partial charge is 0.481 e. The minimum absolute atomic E-state index is 0.0607. The summed E-state index contributed by atoms with van der Waals surface area (Å²) in [5, 5.41) is 12.0. The molecule has 1 aliphatic carbocycles. The molecule has 2 aliphatic rings. The lowest BCUT2D eigenvalue weighted by atomic mass is 9.84. The molecule has 1 saturated carbocycles. The first-order valence-corrected chi connectivity index (χ1v) is 7.87. The Balaban J connectivity index is 1.85. The van der Waals surface area contributed by atoms with Crippen molar-refractivity contribution in [1.29, 1.82) is 0 Å². The molecular weight excluding hydrogens is 256 g/mol. The highest BCUT2D eigenvalue weighted by Gasteiger charge is 2.32. The molecule has 20 heavy (non-hydrogen) atoms. The average Bonchev–Trinajstić information content (AvgIpc) is 2.87. The van der Waals surface area contributed by atoms with E-state index in [1.165, 1.54) is 32.1 Å². The SMILES string of the molecule is CC(NC(=O)N1CCCC1CC(=O)O)C1CCCCC1. The van der Waals surface area contributed by atoms with Crippen LogP contribution in [0.2, 0.25) is 0 Å². The van der Waals surface area contributed by atoms with Crippen LogP contribution in [0.1, 0.15) is 58.3 Å². The van der Waals surface area contributed by atoms with Crippen LogP contribution in [0, 0.1) is 5.92 Å². The predicted octanol–water partition coefficient (Wildman–Crippen LogP) is 2.60. The van der Waals surface area contributed by atoms with Gasteiger partial charge in [0.2, 0.25) is 0 Å². The Labute approximate surface area is 120 Å². The second-order valence-corrected chi connectivity index (χ2v) is 6.22. The van der Waals surface area contributed by atoms with E-state index >= 15 is 0 Å². The molecule has 5 nitrogen and oxygen atoms in total. The summed E-state index contributed by atoms with van der Waals surface area (Å²) in [6, 6.07) is -0.0215. The van der Waals surface area contributed by atoms with E-state index in [1.54, 1.807) is 4.90 Å². The summed E-state index contributed by atoms with van der Waals surface area (Å²) >= 11 is 0. The summed E-state index contributed by atoms with van der Waals surface area (Å²) in [5.41, 5.74) is 0. The van der Waals surface area contributed by atoms with Crippen LogP contribution in [0.4, 0.5) is 4.79 Å². The Bertz CT molecular complexity index is 353.